The van der Waals surface area contributed by atoms with Crippen LogP contribution in [0.15, 0.2) is 24.3 Å². The molecule has 21 heavy (non-hydrogen) atoms. The number of hydrogen-bond donors (Lipinski definition) is 1. The summed E-state index contributed by atoms with van der Waals surface area (Å²) in [6.07, 6.45) is 0.0314. The maximum absolute atomic E-state index is 11.2. The van der Waals surface area contributed by atoms with Crippen molar-refractivity contribution in [3.63, 3.8) is 0 Å². The molecule has 0 saturated carbocycles. The Morgan fingerprint density at radius 3 is 2.48 bits per heavy atom. The molecule has 3 heteroatoms. The Morgan fingerprint density at radius 2 is 1.95 bits per heavy atom. The van der Waals surface area contributed by atoms with Gasteiger partial charge in [0.1, 0.15) is 0 Å². The summed E-state index contributed by atoms with van der Waals surface area (Å²) in [5.74, 6) is -0.452. The van der Waals surface area contributed by atoms with Crippen molar-refractivity contribution in [3.05, 3.63) is 41.1 Å². The maximum atomic E-state index is 11.2. The third-order valence-electron chi connectivity index (χ3n) is 3.69. The Kier molecular flexibility index (Phi) is 4.04. The first-order valence-electron chi connectivity index (χ1n) is 7.35. The predicted octanol–water partition coefficient (Wildman–Crippen LogP) is 4.28. The van der Waals surface area contributed by atoms with Crippen LogP contribution in [-0.2, 0) is 16.6 Å². The first-order valence-corrected chi connectivity index (χ1v) is 7.35. The molecule has 112 valence electrons. The lowest BCUT2D eigenvalue weighted by Crippen LogP contribution is -2.15. The van der Waals surface area contributed by atoms with Crippen LogP contribution in [0.1, 0.15) is 57.4 Å². The second-order valence-corrected chi connectivity index (χ2v) is 6.89. The third kappa shape index (κ3) is 3.23. The highest BCUT2D eigenvalue weighted by Gasteiger charge is 2.20. The van der Waals surface area contributed by atoms with Gasteiger partial charge in [-0.25, -0.2) is 0 Å². The minimum atomic E-state index is -0.808. The number of para-hydroxylation sites is 1. The van der Waals surface area contributed by atoms with Crippen LogP contribution >= 0.6 is 0 Å². The first-order chi connectivity index (χ1) is 9.70. The van der Waals surface area contributed by atoms with E-state index in [4.69, 9.17) is 4.98 Å². The number of aliphatic carboxylic acids is 1. The third-order valence-corrected chi connectivity index (χ3v) is 3.69. The van der Waals surface area contributed by atoms with Crippen molar-refractivity contribution >= 4 is 16.9 Å². The van der Waals surface area contributed by atoms with Crippen LogP contribution in [0.25, 0.3) is 10.9 Å². The summed E-state index contributed by atoms with van der Waals surface area (Å²) in [7, 11) is 0. The van der Waals surface area contributed by atoms with Crippen molar-refractivity contribution < 1.29 is 9.90 Å². The summed E-state index contributed by atoms with van der Waals surface area (Å²) in [6, 6.07) is 7.98. The Labute approximate surface area is 126 Å². The van der Waals surface area contributed by atoms with E-state index in [-0.39, 0.29) is 11.8 Å². The van der Waals surface area contributed by atoms with E-state index in [0.717, 1.165) is 22.2 Å². The van der Waals surface area contributed by atoms with E-state index in [2.05, 4.69) is 40.7 Å². The van der Waals surface area contributed by atoms with Gasteiger partial charge >= 0.3 is 5.97 Å². The molecule has 1 heterocycles. The molecule has 0 spiro atoms. The summed E-state index contributed by atoms with van der Waals surface area (Å²) in [5, 5.41) is 10.1. The van der Waals surface area contributed by atoms with Gasteiger partial charge in [-0.2, -0.15) is 0 Å². The molecule has 0 aliphatic carbocycles. The van der Waals surface area contributed by atoms with Gasteiger partial charge in [0.15, 0.2) is 0 Å². The number of carboxylic acids is 1. The lowest BCUT2D eigenvalue weighted by molar-refractivity contribution is -0.136. The largest absolute Gasteiger partial charge is 0.481 e. The quantitative estimate of drug-likeness (QED) is 0.915. The van der Waals surface area contributed by atoms with Gasteiger partial charge in [-0.15, -0.1) is 0 Å². The number of benzene rings is 1. The zero-order valence-electron chi connectivity index (χ0n) is 13.4. The van der Waals surface area contributed by atoms with Crippen LogP contribution < -0.4 is 0 Å². The highest BCUT2D eigenvalue weighted by Crippen LogP contribution is 2.30. The van der Waals surface area contributed by atoms with Crippen molar-refractivity contribution in [2.75, 3.05) is 0 Å². The van der Waals surface area contributed by atoms with Gasteiger partial charge in [-0.05, 0) is 23.1 Å². The number of carboxylic acid groups (broad SMARTS) is 1. The first kappa shape index (κ1) is 15.5. The Bertz CT molecular complexity index is 681. The Morgan fingerprint density at radius 1 is 1.29 bits per heavy atom. The molecule has 2 rings (SSSR count). The van der Waals surface area contributed by atoms with Gasteiger partial charge in [0.2, 0.25) is 0 Å². The molecule has 1 N–H and O–H groups in total. The number of rotatable bonds is 3. The molecule has 0 unspecified atom stereocenters. The molecule has 3 nitrogen and oxygen atoms in total. The molecule has 1 aromatic heterocycles. The molecular formula is C18H23NO2. The Balaban J connectivity index is 2.81. The van der Waals surface area contributed by atoms with E-state index in [9.17, 15) is 9.90 Å². The molecule has 0 radical (unpaired) electrons. The van der Waals surface area contributed by atoms with Gasteiger partial charge in [0.25, 0.3) is 0 Å². The van der Waals surface area contributed by atoms with Gasteiger partial charge in [-0.1, -0.05) is 52.8 Å². The summed E-state index contributed by atoms with van der Waals surface area (Å²) in [5.41, 5.74) is 3.80. The molecule has 0 saturated heterocycles. The number of hydrogen-bond acceptors (Lipinski definition) is 2. The molecule has 2 aromatic rings. The van der Waals surface area contributed by atoms with Gasteiger partial charge in [0, 0.05) is 16.5 Å². The molecule has 0 aliphatic heterocycles. The molecule has 1 aromatic carbocycles. The summed E-state index contributed by atoms with van der Waals surface area (Å²) >= 11 is 0. The molecule has 0 aliphatic rings. The maximum Gasteiger partial charge on any atom is 0.307 e. The van der Waals surface area contributed by atoms with E-state index in [1.165, 1.54) is 5.56 Å². The van der Waals surface area contributed by atoms with Crippen molar-refractivity contribution in [3.8, 4) is 0 Å². The lowest BCUT2D eigenvalue weighted by atomic mass is 9.88. The van der Waals surface area contributed by atoms with Crippen LogP contribution in [0.3, 0.4) is 0 Å². The highest BCUT2D eigenvalue weighted by molar-refractivity contribution is 5.88. The van der Waals surface area contributed by atoms with Crippen molar-refractivity contribution in [2.24, 2.45) is 0 Å². The van der Waals surface area contributed by atoms with E-state index < -0.39 is 5.97 Å². The highest BCUT2D eigenvalue weighted by atomic mass is 16.4. The van der Waals surface area contributed by atoms with Crippen molar-refractivity contribution in [2.45, 2.75) is 52.4 Å². The summed E-state index contributed by atoms with van der Waals surface area (Å²) < 4.78 is 0. The lowest BCUT2D eigenvalue weighted by Gasteiger charge is -2.21. The van der Waals surface area contributed by atoms with E-state index in [1.54, 1.807) is 0 Å². The molecule has 0 amide bonds. The number of aromatic nitrogens is 1. The number of pyridine rings is 1. The zero-order chi connectivity index (χ0) is 15.8. The van der Waals surface area contributed by atoms with Crippen molar-refractivity contribution in [1.82, 2.24) is 4.98 Å². The fourth-order valence-electron chi connectivity index (χ4n) is 2.50. The number of carbonyl (C=O) groups is 1. The topological polar surface area (TPSA) is 50.2 Å². The normalized spacial score (nSPS) is 12.1. The molecule has 0 fully saturated rings. The monoisotopic (exact) mass is 285 g/mol. The minimum Gasteiger partial charge on any atom is -0.481 e. The number of fused-ring (bicyclic) bond motifs is 1. The fraction of sp³-hybridized carbons (Fsp3) is 0.444. The summed E-state index contributed by atoms with van der Waals surface area (Å²) in [6.45, 7) is 10.6. The van der Waals surface area contributed by atoms with Gasteiger partial charge in [0.05, 0.1) is 11.9 Å². The van der Waals surface area contributed by atoms with Crippen LogP contribution in [0.2, 0.25) is 0 Å². The molecule has 0 bridgehead atoms. The SMILES string of the molecule is CC(C)c1cccc2c(CC(=O)O)cc(C(C)(C)C)nc12. The van der Waals surface area contributed by atoms with E-state index >= 15 is 0 Å². The smallest absolute Gasteiger partial charge is 0.307 e. The second kappa shape index (κ2) is 5.47. The minimum absolute atomic E-state index is 0.0314. The Hall–Kier alpha value is -1.90. The number of nitrogens with zero attached hydrogens (tertiary/aromatic N) is 1. The fourth-order valence-corrected chi connectivity index (χ4v) is 2.50. The average Bonchev–Trinajstić information content (AvgIpc) is 2.35. The van der Waals surface area contributed by atoms with Crippen LogP contribution in [0.4, 0.5) is 0 Å². The molecule has 0 atom stereocenters. The second-order valence-electron chi connectivity index (χ2n) is 6.89. The average molecular weight is 285 g/mol. The van der Waals surface area contributed by atoms with Crippen LogP contribution in [0.5, 0.6) is 0 Å². The zero-order valence-corrected chi connectivity index (χ0v) is 13.4. The van der Waals surface area contributed by atoms with Crippen molar-refractivity contribution in [1.29, 1.82) is 0 Å². The standard InChI is InChI=1S/C18H23NO2/c1-11(2)13-7-6-8-14-12(10-16(20)21)9-15(18(3,4)5)19-17(13)14/h6-9,11H,10H2,1-5H3,(H,20,21). The van der Waals surface area contributed by atoms with E-state index in [1.807, 2.05) is 18.2 Å². The van der Waals surface area contributed by atoms with Crippen LogP contribution in [0, 0.1) is 0 Å². The predicted molar refractivity (Wildman–Crippen MR) is 85.9 cm³/mol. The van der Waals surface area contributed by atoms with Gasteiger partial charge in [-0.3, -0.25) is 9.78 Å². The van der Waals surface area contributed by atoms with Gasteiger partial charge < -0.3 is 5.11 Å². The summed E-state index contributed by atoms with van der Waals surface area (Å²) in [4.78, 5) is 16.0. The molecular weight excluding hydrogens is 262 g/mol. The van der Waals surface area contributed by atoms with E-state index in [0.29, 0.717) is 5.92 Å². The van der Waals surface area contributed by atoms with Crippen LogP contribution in [-0.4, -0.2) is 16.1 Å².